The summed E-state index contributed by atoms with van der Waals surface area (Å²) in [6.45, 7) is 4.34. The molecule has 0 heterocycles. The van der Waals surface area contributed by atoms with E-state index in [1.807, 2.05) is 0 Å². The Morgan fingerprint density at radius 1 is 1.15 bits per heavy atom. The zero-order chi connectivity index (χ0) is 19.9. The molecular weight excluding hydrogens is 407 g/mol. The molecule has 9 heteroatoms. The van der Waals surface area contributed by atoms with Gasteiger partial charge in [0.05, 0.1) is 21.7 Å². The third-order valence-electron chi connectivity index (χ3n) is 3.56. The summed E-state index contributed by atoms with van der Waals surface area (Å²) in [6.07, 6.45) is 3.68. The molecule has 0 amide bonds. The molecule has 26 heavy (non-hydrogen) atoms. The van der Waals surface area contributed by atoms with E-state index in [1.165, 1.54) is 0 Å². The van der Waals surface area contributed by atoms with Crippen molar-refractivity contribution >= 4 is 52.7 Å². The third-order valence-corrected chi connectivity index (χ3v) is 4.62. The minimum absolute atomic E-state index is 0.0599. The van der Waals surface area contributed by atoms with Crippen LogP contribution in [0.2, 0.25) is 15.1 Å². The van der Waals surface area contributed by atoms with E-state index in [0.717, 1.165) is 25.3 Å². The van der Waals surface area contributed by atoms with Gasteiger partial charge in [-0.1, -0.05) is 61.5 Å². The lowest BCUT2D eigenvalue weighted by atomic mass is 10.0. The molecule has 0 radical (unpaired) electrons. The lowest BCUT2D eigenvalue weighted by molar-refractivity contribution is -0.158. The largest absolute Gasteiger partial charge is 0.473 e. The molecular formula is C17H19Cl3O6. The summed E-state index contributed by atoms with van der Waals surface area (Å²) < 4.78 is 9.81. The molecule has 1 atom stereocenters. The first-order valence-corrected chi connectivity index (χ1v) is 9.12. The number of benzene rings is 1. The Labute approximate surface area is 166 Å². The summed E-state index contributed by atoms with van der Waals surface area (Å²) in [5.74, 6) is -4.37. The van der Waals surface area contributed by atoms with Crippen LogP contribution in [0, 0.1) is 5.92 Å². The number of carboxylic acid groups (broad SMARTS) is 1. The predicted molar refractivity (Wildman–Crippen MR) is 98.3 cm³/mol. The van der Waals surface area contributed by atoms with E-state index in [-0.39, 0.29) is 27.2 Å². The highest BCUT2D eigenvalue weighted by molar-refractivity contribution is 6.46. The Hall–Kier alpha value is -1.50. The fourth-order valence-corrected chi connectivity index (χ4v) is 3.02. The van der Waals surface area contributed by atoms with E-state index in [9.17, 15) is 14.4 Å². The molecule has 0 aliphatic rings. The number of carbonyl (C=O) groups is 3. The van der Waals surface area contributed by atoms with Crippen molar-refractivity contribution in [3.8, 4) is 5.75 Å². The van der Waals surface area contributed by atoms with Crippen molar-refractivity contribution in [3.05, 3.63) is 26.7 Å². The van der Waals surface area contributed by atoms with Crippen molar-refractivity contribution < 1.29 is 29.0 Å². The topological polar surface area (TPSA) is 89.9 Å². The van der Waals surface area contributed by atoms with Crippen LogP contribution < -0.4 is 4.74 Å². The number of aliphatic carboxylic acids is 1. The van der Waals surface area contributed by atoms with E-state index in [1.54, 1.807) is 0 Å². The third kappa shape index (κ3) is 6.34. The average molecular weight is 426 g/mol. The van der Waals surface area contributed by atoms with Gasteiger partial charge in [0.1, 0.15) is 5.56 Å². The molecule has 0 aromatic heterocycles. The SMILES string of the molecule is CCCC(C)CCCOC(=O)c1c(Cl)c(Cl)cc(Cl)c1OC(=O)C(=O)O. The molecule has 0 aliphatic carbocycles. The number of halogens is 3. The van der Waals surface area contributed by atoms with E-state index >= 15 is 0 Å². The molecule has 0 saturated heterocycles. The molecule has 144 valence electrons. The second-order valence-corrected chi connectivity index (χ2v) is 6.92. The van der Waals surface area contributed by atoms with Crippen LogP contribution in [0.4, 0.5) is 0 Å². The van der Waals surface area contributed by atoms with Crippen molar-refractivity contribution in [2.75, 3.05) is 6.61 Å². The molecule has 0 bridgehead atoms. The lowest BCUT2D eigenvalue weighted by Gasteiger charge is -2.14. The molecule has 1 N–H and O–H groups in total. The van der Waals surface area contributed by atoms with Crippen LogP contribution in [-0.4, -0.2) is 29.6 Å². The van der Waals surface area contributed by atoms with Gasteiger partial charge in [0.15, 0.2) is 5.75 Å². The minimum atomic E-state index is -1.85. The van der Waals surface area contributed by atoms with Crippen LogP contribution in [0.25, 0.3) is 0 Å². The maximum absolute atomic E-state index is 12.3. The predicted octanol–water partition coefficient (Wildman–Crippen LogP) is 5.01. The molecule has 1 aromatic rings. The molecule has 1 rings (SSSR count). The monoisotopic (exact) mass is 424 g/mol. The second-order valence-electron chi connectivity index (χ2n) is 5.72. The van der Waals surface area contributed by atoms with Gasteiger partial charge in [0.25, 0.3) is 0 Å². The standard InChI is InChI=1S/C17H19Cl3O6/c1-3-5-9(2)6-4-7-25-16(23)12-13(20)10(18)8-11(19)14(12)26-17(24)15(21)22/h8-9H,3-7H2,1-2H3,(H,21,22). The first-order valence-electron chi connectivity index (χ1n) is 7.98. The quantitative estimate of drug-likeness (QED) is 0.207. The fraction of sp³-hybridized carbons (Fsp3) is 0.471. The highest BCUT2D eigenvalue weighted by atomic mass is 35.5. The Balaban J connectivity index is 2.93. The molecule has 1 unspecified atom stereocenters. The Morgan fingerprint density at radius 3 is 2.38 bits per heavy atom. The van der Waals surface area contributed by atoms with Crippen molar-refractivity contribution in [1.82, 2.24) is 0 Å². The average Bonchev–Trinajstić information content (AvgIpc) is 2.56. The maximum Gasteiger partial charge on any atom is 0.422 e. The van der Waals surface area contributed by atoms with Crippen LogP contribution >= 0.6 is 34.8 Å². The fourth-order valence-electron chi connectivity index (χ4n) is 2.30. The first-order chi connectivity index (χ1) is 12.2. The van der Waals surface area contributed by atoms with Gasteiger partial charge in [-0.2, -0.15) is 0 Å². The van der Waals surface area contributed by atoms with E-state index in [2.05, 4.69) is 18.6 Å². The van der Waals surface area contributed by atoms with E-state index < -0.39 is 23.7 Å². The van der Waals surface area contributed by atoms with Crippen LogP contribution in [0.5, 0.6) is 5.75 Å². The number of carbonyl (C=O) groups excluding carboxylic acids is 2. The van der Waals surface area contributed by atoms with Gasteiger partial charge in [-0.15, -0.1) is 0 Å². The van der Waals surface area contributed by atoms with Gasteiger partial charge in [0.2, 0.25) is 0 Å². The van der Waals surface area contributed by atoms with Crippen LogP contribution in [0.3, 0.4) is 0 Å². The van der Waals surface area contributed by atoms with Crippen molar-refractivity contribution in [2.45, 2.75) is 39.5 Å². The Kier molecular flexibility index (Phi) is 9.19. The minimum Gasteiger partial charge on any atom is -0.473 e. The number of esters is 2. The summed E-state index contributed by atoms with van der Waals surface area (Å²) >= 11 is 17.8. The van der Waals surface area contributed by atoms with Gasteiger partial charge in [0, 0.05) is 0 Å². The number of hydrogen-bond acceptors (Lipinski definition) is 5. The van der Waals surface area contributed by atoms with Gasteiger partial charge >= 0.3 is 17.9 Å². The summed E-state index contributed by atoms with van der Waals surface area (Å²) in [6, 6.07) is 1.14. The zero-order valence-corrected chi connectivity index (χ0v) is 16.6. The van der Waals surface area contributed by atoms with Crippen molar-refractivity contribution in [3.63, 3.8) is 0 Å². The summed E-state index contributed by atoms with van der Waals surface area (Å²) in [5.41, 5.74) is -0.389. The number of carboxylic acids is 1. The van der Waals surface area contributed by atoms with Gasteiger partial charge < -0.3 is 14.6 Å². The van der Waals surface area contributed by atoms with Gasteiger partial charge in [-0.05, 0) is 24.8 Å². The zero-order valence-electron chi connectivity index (χ0n) is 14.3. The molecule has 0 spiro atoms. The Morgan fingerprint density at radius 2 is 1.81 bits per heavy atom. The summed E-state index contributed by atoms with van der Waals surface area (Å²) in [4.78, 5) is 34.4. The summed E-state index contributed by atoms with van der Waals surface area (Å²) in [7, 11) is 0. The number of hydrogen-bond donors (Lipinski definition) is 1. The Bertz CT molecular complexity index is 690. The highest BCUT2D eigenvalue weighted by Gasteiger charge is 2.27. The molecule has 6 nitrogen and oxygen atoms in total. The first kappa shape index (κ1) is 22.5. The number of ether oxygens (including phenoxy) is 2. The van der Waals surface area contributed by atoms with Gasteiger partial charge in [-0.25, -0.2) is 14.4 Å². The van der Waals surface area contributed by atoms with E-state index in [0.29, 0.717) is 12.3 Å². The van der Waals surface area contributed by atoms with Crippen LogP contribution in [0.1, 0.15) is 49.9 Å². The highest BCUT2D eigenvalue weighted by Crippen LogP contribution is 2.39. The molecule has 0 aliphatic heterocycles. The molecule has 1 aromatic carbocycles. The van der Waals surface area contributed by atoms with Crippen LogP contribution in [-0.2, 0) is 14.3 Å². The normalized spacial score (nSPS) is 11.7. The lowest BCUT2D eigenvalue weighted by Crippen LogP contribution is -2.21. The number of rotatable bonds is 8. The van der Waals surface area contributed by atoms with Crippen molar-refractivity contribution in [2.24, 2.45) is 5.92 Å². The van der Waals surface area contributed by atoms with Crippen LogP contribution in [0.15, 0.2) is 6.07 Å². The maximum atomic E-state index is 12.3. The molecule has 0 fully saturated rings. The smallest absolute Gasteiger partial charge is 0.422 e. The molecule has 0 saturated carbocycles. The van der Waals surface area contributed by atoms with Gasteiger partial charge in [-0.3, -0.25) is 0 Å². The summed E-state index contributed by atoms with van der Waals surface area (Å²) in [5, 5.41) is 8.12. The van der Waals surface area contributed by atoms with E-state index in [4.69, 9.17) is 44.6 Å². The second kappa shape index (κ2) is 10.6. The van der Waals surface area contributed by atoms with Crippen molar-refractivity contribution in [1.29, 1.82) is 0 Å².